The molecule has 2 fully saturated rings. The second-order valence-electron chi connectivity index (χ2n) is 6.26. The first-order valence-electron chi connectivity index (χ1n) is 7.58. The number of benzene rings is 1. The second-order valence-corrected chi connectivity index (χ2v) is 6.26. The van der Waals surface area contributed by atoms with Gasteiger partial charge in [-0.15, -0.1) is 0 Å². The van der Waals surface area contributed by atoms with Crippen LogP contribution in [-0.4, -0.2) is 41.5 Å². The number of alkyl halides is 3. The van der Waals surface area contributed by atoms with E-state index in [4.69, 9.17) is 0 Å². The molecule has 0 radical (unpaired) electrons. The maximum atomic E-state index is 12.6. The van der Waals surface area contributed by atoms with Gasteiger partial charge in [-0.1, -0.05) is 12.1 Å². The molecule has 0 aliphatic carbocycles. The molecule has 0 saturated carbocycles. The number of hydrogen-bond donors (Lipinski definition) is 0. The highest BCUT2D eigenvalue weighted by Gasteiger charge is 2.34. The largest absolute Gasteiger partial charge is 0.416 e. The number of piperazine rings is 1. The Morgan fingerprint density at radius 3 is 2.52 bits per heavy atom. The molecule has 2 saturated heterocycles. The first kappa shape index (κ1) is 14.9. The fourth-order valence-corrected chi connectivity index (χ4v) is 3.50. The van der Waals surface area contributed by atoms with E-state index in [1.165, 1.54) is 31.5 Å². The van der Waals surface area contributed by atoms with Crippen LogP contribution in [-0.2, 0) is 12.7 Å². The first-order valence-corrected chi connectivity index (χ1v) is 7.58. The molecule has 1 aromatic rings. The van der Waals surface area contributed by atoms with Gasteiger partial charge in [0.25, 0.3) is 0 Å². The number of fused-ring (bicyclic) bond motifs is 1. The molecular weight excluding hydrogens is 277 g/mol. The Hall–Kier alpha value is -1.07. The Kier molecular flexibility index (Phi) is 3.97. The number of nitrogens with zero attached hydrogens (tertiary/aromatic N) is 2. The number of rotatable bonds is 2. The van der Waals surface area contributed by atoms with Gasteiger partial charge in [0.05, 0.1) is 5.56 Å². The van der Waals surface area contributed by atoms with Crippen LogP contribution in [0.15, 0.2) is 24.3 Å². The molecule has 2 nitrogen and oxygen atoms in total. The maximum absolute atomic E-state index is 12.6. The molecule has 0 bridgehead atoms. The van der Waals surface area contributed by atoms with Crippen molar-refractivity contribution in [1.82, 2.24) is 9.80 Å². The predicted molar refractivity (Wildman–Crippen MR) is 75.9 cm³/mol. The average molecular weight is 298 g/mol. The van der Waals surface area contributed by atoms with Gasteiger partial charge in [0.1, 0.15) is 0 Å². The van der Waals surface area contributed by atoms with Crippen molar-refractivity contribution in [3.8, 4) is 0 Å². The van der Waals surface area contributed by atoms with E-state index in [1.54, 1.807) is 12.1 Å². The topological polar surface area (TPSA) is 6.48 Å². The average Bonchev–Trinajstić information content (AvgIpc) is 2.86. The van der Waals surface area contributed by atoms with Crippen molar-refractivity contribution in [2.45, 2.75) is 44.6 Å². The zero-order valence-corrected chi connectivity index (χ0v) is 12.2. The molecule has 2 atom stereocenters. The van der Waals surface area contributed by atoms with E-state index in [-0.39, 0.29) is 0 Å². The third-order valence-corrected chi connectivity index (χ3v) is 4.73. The normalized spacial score (nSPS) is 27.8. The number of hydrogen-bond acceptors (Lipinski definition) is 2. The predicted octanol–water partition coefficient (Wildman–Crippen LogP) is 3.37. The van der Waals surface area contributed by atoms with Crippen LogP contribution in [0.1, 0.15) is 30.9 Å². The van der Waals surface area contributed by atoms with E-state index in [9.17, 15) is 13.2 Å². The summed E-state index contributed by atoms with van der Waals surface area (Å²) < 4.78 is 37.7. The molecule has 0 spiro atoms. The highest BCUT2D eigenvalue weighted by molar-refractivity contribution is 5.24. The summed E-state index contributed by atoms with van der Waals surface area (Å²) in [5.74, 6) is 0. The van der Waals surface area contributed by atoms with Crippen LogP contribution < -0.4 is 0 Å². The van der Waals surface area contributed by atoms with Gasteiger partial charge in [0.15, 0.2) is 0 Å². The maximum Gasteiger partial charge on any atom is 0.416 e. The Labute approximate surface area is 123 Å². The van der Waals surface area contributed by atoms with Gasteiger partial charge in [-0.2, -0.15) is 13.2 Å². The van der Waals surface area contributed by atoms with Gasteiger partial charge in [-0.3, -0.25) is 9.80 Å². The Morgan fingerprint density at radius 2 is 1.86 bits per heavy atom. The fourth-order valence-electron chi connectivity index (χ4n) is 3.50. The molecule has 0 N–H and O–H groups in total. The van der Waals surface area contributed by atoms with Gasteiger partial charge in [-0.05, 0) is 44.0 Å². The van der Waals surface area contributed by atoms with Crippen LogP contribution in [0.5, 0.6) is 0 Å². The van der Waals surface area contributed by atoms with E-state index in [0.29, 0.717) is 12.1 Å². The first-order chi connectivity index (χ1) is 9.93. The van der Waals surface area contributed by atoms with E-state index in [1.807, 2.05) is 0 Å². The van der Waals surface area contributed by atoms with Crippen LogP contribution in [0.3, 0.4) is 0 Å². The van der Waals surface area contributed by atoms with Gasteiger partial charge in [0, 0.05) is 31.7 Å². The van der Waals surface area contributed by atoms with E-state index < -0.39 is 11.7 Å². The van der Waals surface area contributed by atoms with Crippen molar-refractivity contribution in [2.75, 3.05) is 19.6 Å². The lowest BCUT2D eigenvalue weighted by Gasteiger charge is -2.42. The lowest BCUT2D eigenvalue weighted by Crippen LogP contribution is -2.54. The molecule has 2 unspecified atom stereocenters. The third kappa shape index (κ3) is 3.24. The quantitative estimate of drug-likeness (QED) is 0.826. The summed E-state index contributed by atoms with van der Waals surface area (Å²) in [7, 11) is 0. The summed E-state index contributed by atoms with van der Waals surface area (Å²) >= 11 is 0. The molecule has 116 valence electrons. The smallest absolute Gasteiger partial charge is 0.298 e. The van der Waals surface area contributed by atoms with Crippen LogP contribution in [0.4, 0.5) is 13.2 Å². The zero-order valence-electron chi connectivity index (χ0n) is 12.2. The molecule has 1 aromatic carbocycles. The Morgan fingerprint density at radius 1 is 1.14 bits per heavy atom. The lowest BCUT2D eigenvalue weighted by atomic mass is 10.1. The summed E-state index contributed by atoms with van der Waals surface area (Å²) in [5, 5.41) is 0. The van der Waals surface area contributed by atoms with Gasteiger partial charge in [-0.25, -0.2) is 0 Å². The van der Waals surface area contributed by atoms with Crippen LogP contribution in [0, 0.1) is 0 Å². The van der Waals surface area contributed by atoms with E-state index >= 15 is 0 Å². The minimum Gasteiger partial charge on any atom is -0.298 e. The molecule has 0 aromatic heterocycles. The van der Waals surface area contributed by atoms with Crippen LogP contribution in [0.25, 0.3) is 0 Å². The fraction of sp³-hybridized carbons (Fsp3) is 0.625. The third-order valence-electron chi connectivity index (χ3n) is 4.73. The molecule has 2 heterocycles. The lowest BCUT2D eigenvalue weighted by molar-refractivity contribution is -0.137. The van der Waals surface area contributed by atoms with Crippen molar-refractivity contribution in [2.24, 2.45) is 0 Å². The molecule has 5 heteroatoms. The summed E-state index contributed by atoms with van der Waals surface area (Å²) in [5.41, 5.74) is 0.390. The van der Waals surface area contributed by atoms with Gasteiger partial charge in [0.2, 0.25) is 0 Å². The van der Waals surface area contributed by atoms with Gasteiger partial charge < -0.3 is 0 Å². The second kappa shape index (κ2) is 5.61. The van der Waals surface area contributed by atoms with E-state index in [2.05, 4.69) is 16.7 Å². The summed E-state index contributed by atoms with van der Waals surface area (Å²) in [6, 6.07) is 6.68. The van der Waals surface area contributed by atoms with Gasteiger partial charge >= 0.3 is 6.18 Å². The minimum atomic E-state index is -4.25. The van der Waals surface area contributed by atoms with Crippen molar-refractivity contribution in [3.63, 3.8) is 0 Å². The summed E-state index contributed by atoms with van der Waals surface area (Å²) in [6.45, 7) is 6.25. The Bertz CT molecular complexity index is 483. The molecular formula is C16H21F3N2. The van der Waals surface area contributed by atoms with Crippen molar-refractivity contribution in [1.29, 1.82) is 0 Å². The highest BCUT2D eigenvalue weighted by Crippen LogP contribution is 2.30. The minimum absolute atomic E-state index is 0.460. The zero-order chi connectivity index (χ0) is 15.0. The van der Waals surface area contributed by atoms with Crippen LogP contribution in [0.2, 0.25) is 0 Å². The molecule has 3 rings (SSSR count). The van der Waals surface area contributed by atoms with Crippen LogP contribution >= 0.6 is 0 Å². The molecule has 21 heavy (non-hydrogen) atoms. The molecule has 2 aliphatic rings. The van der Waals surface area contributed by atoms with Crippen molar-refractivity contribution in [3.05, 3.63) is 35.4 Å². The number of halogens is 3. The van der Waals surface area contributed by atoms with Crippen molar-refractivity contribution < 1.29 is 13.2 Å². The Balaban J connectivity index is 1.66. The van der Waals surface area contributed by atoms with Crippen molar-refractivity contribution >= 4 is 0 Å². The van der Waals surface area contributed by atoms with E-state index in [0.717, 1.165) is 25.2 Å². The summed E-state index contributed by atoms with van der Waals surface area (Å²) in [6.07, 6.45) is -1.73. The SMILES string of the molecule is CC1CN2CCCC2CN1Cc1ccc(C(F)(F)F)cc1. The highest BCUT2D eigenvalue weighted by atomic mass is 19.4. The summed E-state index contributed by atoms with van der Waals surface area (Å²) in [4.78, 5) is 4.95. The molecule has 2 aliphatic heterocycles. The molecule has 0 amide bonds. The standard InChI is InChI=1S/C16H21F3N2/c1-12-9-20-8-2-3-15(20)11-21(12)10-13-4-6-14(7-5-13)16(17,18)19/h4-7,12,15H,2-3,8-11H2,1H3. The monoisotopic (exact) mass is 298 g/mol.